The molecule has 1 fully saturated rings. The van der Waals surface area contributed by atoms with Crippen LogP contribution in [0.5, 0.6) is 0 Å². The number of amides is 1. The summed E-state index contributed by atoms with van der Waals surface area (Å²) in [7, 11) is -4.57. The zero-order valence-corrected chi connectivity index (χ0v) is 13.8. The third kappa shape index (κ3) is 4.43. The SMILES string of the molecule is CC(C)(C)Nc1ccccc1N1CC(CS(=O)(=O)F)CC1=O. The van der Waals surface area contributed by atoms with Gasteiger partial charge in [0.05, 0.1) is 17.1 Å². The number of benzene rings is 1. The molecule has 5 nitrogen and oxygen atoms in total. The smallest absolute Gasteiger partial charge is 0.302 e. The molecule has 1 N–H and O–H groups in total. The zero-order chi connectivity index (χ0) is 16.5. The number of para-hydroxylation sites is 2. The van der Waals surface area contributed by atoms with Crippen LogP contribution in [0.3, 0.4) is 0 Å². The van der Waals surface area contributed by atoms with Crippen LogP contribution in [0.1, 0.15) is 27.2 Å². The molecule has 1 saturated heterocycles. The molecule has 1 unspecified atom stereocenters. The van der Waals surface area contributed by atoms with Crippen LogP contribution in [0.4, 0.5) is 15.3 Å². The number of nitrogens with one attached hydrogen (secondary N) is 1. The van der Waals surface area contributed by atoms with Crippen molar-refractivity contribution < 1.29 is 17.1 Å². The maximum Gasteiger partial charge on any atom is 0.302 e. The average molecular weight is 328 g/mol. The summed E-state index contributed by atoms with van der Waals surface area (Å²) in [5.74, 6) is -1.30. The van der Waals surface area contributed by atoms with E-state index < -0.39 is 21.9 Å². The molecule has 1 amide bonds. The molecular formula is C15H21FN2O3S. The highest BCUT2D eigenvalue weighted by Crippen LogP contribution is 2.33. The van der Waals surface area contributed by atoms with Gasteiger partial charge in [-0.05, 0) is 32.9 Å². The van der Waals surface area contributed by atoms with Crippen molar-refractivity contribution in [1.29, 1.82) is 0 Å². The molecule has 1 atom stereocenters. The molecule has 0 aromatic heterocycles. The summed E-state index contributed by atoms with van der Waals surface area (Å²) in [6.07, 6.45) is 0.0486. The Morgan fingerprint density at radius 2 is 1.95 bits per heavy atom. The highest BCUT2D eigenvalue weighted by atomic mass is 32.3. The van der Waals surface area contributed by atoms with E-state index >= 15 is 0 Å². The van der Waals surface area contributed by atoms with E-state index in [0.717, 1.165) is 5.69 Å². The van der Waals surface area contributed by atoms with Crippen LogP contribution >= 0.6 is 0 Å². The van der Waals surface area contributed by atoms with Crippen molar-refractivity contribution in [2.45, 2.75) is 32.7 Å². The number of carbonyl (C=O) groups excluding carboxylic acids is 1. The number of anilines is 2. The first-order valence-electron chi connectivity index (χ1n) is 7.15. The van der Waals surface area contributed by atoms with Crippen molar-refractivity contribution in [3.8, 4) is 0 Å². The van der Waals surface area contributed by atoms with Gasteiger partial charge in [-0.1, -0.05) is 12.1 Å². The summed E-state index contributed by atoms with van der Waals surface area (Å²) >= 11 is 0. The normalized spacial score (nSPS) is 19.5. The molecule has 1 aliphatic heterocycles. The van der Waals surface area contributed by atoms with Gasteiger partial charge in [-0.2, -0.15) is 8.42 Å². The van der Waals surface area contributed by atoms with E-state index in [1.165, 1.54) is 4.90 Å². The third-order valence-electron chi connectivity index (χ3n) is 3.34. The number of nitrogens with zero attached hydrogens (tertiary/aromatic N) is 1. The van der Waals surface area contributed by atoms with E-state index in [1.807, 2.05) is 39.0 Å². The highest BCUT2D eigenvalue weighted by Gasteiger charge is 2.34. The Labute approximate surface area is 130 Å². The predicted octanol–water partition coefficient (Wildman–Crippen LogP) is 2.55. The van der Waals surface area contributed by atoms with Gasteiger partial charge in [0.1, 0.15) is 0 Å². The minimum absolute atomic E-state index is 0.0486. The molecule has 1 aromatic rings. The summed E-state index contributed by atoms with van der Waals surface area (Å²) in [4.78, 5) is 13.7. The summed E-state index contributed by atoms with van der Waals surface area (Å²) < 4.78 is 34.4. The number of carbonyl (C=O) groups is 1. The van der Waals surface area contributed by atoms with Gasteiger partial charge >= 0.3 is 10.2 Å². The van der Waals surface area contributed by atoms with Crippen molar-refractivity contribution >= 4 is 27.5 Å². The second kappa shape index (κ2) is 5.87. The number of halogens is 1. The molecule has 2 rings (SSSR count). The Morgan fingerprint density at radius 1 is 1.32 bits per heavy atom. The van der Waals surface area contributed by atoms with Gasteiger partial charge in [0.2, 0.25) is 5.91 Å². The standard InChI is InChI=1S/C15H21FN2O3S/c1-15(2,3)17-12-6-4-5-7-13(12)18-9-11(8-14(18)19)10-22(16,20)21/h4-7,11,17H,8-10H2,1-3H3. The highest BCUT2D eigenvalue weighted by molar-refractivity contribution is 7.86. The molecule has 0 saturated carbocycles. The fourth-order valence-corrected chi connectivity index (χ4v) is 3.41. The Hall–Kier alpha value is -1.63. The minimum atomic E-state index is -4.57. The molecule has 7 heteroatoms. The van der Waals surface area contributed by atoms with E-state index in [1.54, 1.807) is 6.07 Å². The van der Waals surface area contributed by atoms with Gasteiger partial charge in [-0.3, -0.25) is 4.79 Å². The topological polar surface area (TPSA) is 66.5 Å². The van der Waals surface area contributed by atoms with Crippen LogP contribution in [0.2, 0.25) is 0 Å². The zero-order valence-electron chi connectivity index (χ0n) is 13.0. The Morgan fingerprint density at radius 3 is 2.55 bits per heavy atom. The first kappa shape index (κ1) is 16.7. The lowest BCUT2D eigenvalue weighted by Gasteiger charge is -2.27. The molecule has 1 aliphatic rings. The summed E-state index contributed by atoms with van der Waals surface area (Å²) in [6.45, 7) is 6.24. The molecule has 22 heavy (non-hydrogen) atoms. The number of hydrogen-bond acceptors (Lipinski definition) is 4. The second-order valence-corrected chi connectivity index (χ2v) is 8.08. The summed E-state index contributed by atoms with van der Waals surface area (Å²) in [5.41, 5.74) is 1.31. The molecule has 1 aromatic carbocycles. The van der Waals surface area contributed by atoms with Gasteiger partial charge in [-0.25, -0.2) is 0 Å². The van der Waals surface area contributed by atoms with Gasteiger partial charge in [-0.15, -0.1) is 3.89 Å². The largest absolute Gasteiger partial charge is 0.379 e. The van der Waals surface area contributed by atoms with Crippen molar-refractivity contribution in [2.24, 2.45) is 5.92 Å². The second-order valence-electron chi connectivity index (χ2n) is 6.67. The van der Waals surface area contributed by atoms with Crippen LogP contribution in [0, 0.1) is 5.92 Å². The first-order chi connectivity index (χ1) is 10.1. The summed E-state index contributed by atoms with van der Waals surface area (Å²) in [5, 5.41) is 3.32. The van der Waals surface area contributed by atoms with E-state index in [2.05, 4.69) is 5.32 Å². The Bertz CT molecular complexity index is 668. The number of hydrogen-bond donors (Lipinski definition) is 1. The van der Waals surface area contributed by atoms with Gasteiger partial charge in [0.25, 0.3) is 0 Å². The molecule has 1 heterocycles. The molecule has 0 radical (unpaired) electrons. The maximum absolute atomic E-state index is 12.8. The maximum atomic E-state index is 12.8. The number of rotatable bonds is 4. The summed E-state index contributed by atoms with van der Waals surface area (Å²) in [6, 6.07) is 7.35. The van der Waals surface area contributed by atoms with Crippen LogP contribution in [0.25, 0.3) is 0 Å². The molecular weight excluding hydrogens is 307 g/mol. The fraction of sp³-hybridized carbons (Fsp3) is 0.533. The third-order valence-corrected chi connectivity index (χ3v) is 4.21. The van der Waals surface area contributed by atoms with E-state index in [0.29, 0.717) is 5.69 Å². The minimum Gasteiger partial charge on any atom is -0.379 e. The molecule has 0 aliphatic carbocycles. The van der Waals surface area contributed by atoms with Gasteiger partial charge in [0, 0.05) is 24.4 Å². The fourth-order valence-electron chi connectivity index (χ4n) is 2.63. The Balaban J connectivity index is 2.24. The predicted molar refractivity (Wildman–Crippen MR) is 85.2 cm³/mol. The lowest BCUT2D eigenvalue weighted by atomic mass is 10.1. The Kier molecular flexibility index (Phi) is 4.47. The van der Waals surface area contributed by atoms with Crippen molar-refractivity contribution in [2.75, 3.05) is 22.5 Å². The average Bonchev–Trinajstić information content (AvgIpc) is 2.66. The lowest BCUT2D eigenvalue weighted by molar-refractivity contribution is -0.117. The van der Waals surface area contributed by atoms with E-state index in [-0.39, 0.29) is 24.4 Å². The van der Waals surface area contributed by atoms with Crippen LogP contribution < -0.4 is 10.2 Å². The van der Waals surface area contributed by atoms with Gasteiger partial charge in [0.15, 0.2) is 0 Å². The van der Waals surface area contributed by atoms with Crippen LogP contribution in [0.15, 0.2) is 24.3 Å². The molecule has 0 spiro atoms. The quantitative estimate of drug-likeness (QED) is 0.863. The monoisotopic (exact) mass is 328 g/mol. The van der Waals surface area contributed by atoms with Crippen LogP contribution in [-0.4, -0.2) is 32.2 Å². The van der Waals surface area contributed by atoms with E-state index in [4.69, 9.17) is 0 Å². The van der Waals surface area contributed by atoms with Crippen molar-refractivity contribution in [1.82, 2.24) is 0 Å². The lowest BCUT2D eigenvalue weighted by Crippen LogP contribution is -2.30. The van der Waals surface area contributed by atoms with E-state index in [9.17, 15) is 17.1 Å². The van der Waals surface area contributed by atoms with Crippen molar-refractivity contribution in [3.05, 3.63) is 24.3 Å². The molecule has 0 bridgehead atoms. The molecule has 122 valence electrons. The van der Waals surface area contributed by atoms with Gasteiger partial charge < -0.3 is 10.2 Å². The van der Waals surface area contributed by atoms with Crippen LogP contribution in [-0.2, 0) is 15.0 Å². The van der Waals surface area contributed by atoms with Crippen molar-refractivity contribution in [3.63, 3.8) is 0 Å². The first-order valence-corrected chi connectivity index (χ1v) is 8.70.